The summed E-state index contributed by atoms with van der Waals surface area (Å²) in [5, 5.41) is 7.54. The summed E-state index contributed by atoms with van der Waals surface area (Å²) in [7, 11) is 0. The van der Waals surface area contributed by atoms with Crippen LogP contribution in [-0.2, 0) is 6.42 Å². The molecule has 0 heterocycles. The minimum atomic E-state index is 0.435. The maximum absolute atomic E-state index is 5.46. The fraction of sp³-hybridized carbons (Fsp3) is 0.632. The van der Waals surface area contributed by atoms with Crippen LogP contribution in [0.5, 0.6) is 0 Å². The predicted octanol–water partition coefficient (Wildman–Crippen LogP) is 5.14. The van der Waals surface area contributed by atoms with Crippen LogP contribution in [0, 0.1) is 11.3 Å². The highest BCUT2D eigenvalue weighted by Gasteiger charge is 2.29. The van der Waals surface area contributed by atoms with Crippen molar-refractivity contribution in [3.8, 4) is 0 Å². The Morgan fingerprint density at radius 2 is 1.68 bits per heavy atom. The maximum atomic E-state index is 5.46. The molecule has 1 aliphatic rings. The lowest BCUT2D eigenvalue weighted by Crippen LogP contribution is -2.41. The van der Waals surface area contributed by atoms with Crippen LogP contribution in [0.3, 0.4) is 0 Å². The molecule has 1 saturated carbocycles. The van der Waals surface area contributed by atoms with Crippen molar-refractivity contribution in [2.75, 3.05) is 5.32 Å². The molecule has 0 bridgehead atoms. The van der Waals surface area contributed by atoms with E-state index in [2.05, 4.69) is 62.6 Å². The van der Waals surface area contributed by atoms with Gasteiger partial charge in [0, 0.05) is 11.7 Å². The topological polar surface area (TPSA) is 24.1 Å². The van der Waals surface area contributed by atoms with E-state index in [4.69, 9.17) is 12.2 Å². The quantitative estimate of drug-likeness (QED) is 0.755. The molecule has 0 atom stereocenters. The van der Waals surface area contributed by atoms with Gasteiger partial charge >= 0.3 is 0 Å². The van der Waals surface area contributed by atoms with E-state index in [9.17, 15) is 0 Å². The van der Waals surface area contributed by atoms with Crippen molar-refractivity contribution in [2.24, 2.45) is 11.3 Å². The Morgan fingerprint density at radius 3 is 2.18 bits per heavy atom. The van der Waals surface area contributed by atoms with E-state index in [1.807, 2.05) is 0 Å². The molecule has 1 fully saturated rings. The minimum absolute atomic E-state index is 0.435. The Balaban J connectivity index is 1.78. The van der Waals surface area contributed by atoms with Gasteiger partial charge in [-0.25, -0.2) is 0 Å². The van der Waals surface area contributed by atoms with Gasteiger partial charge < -0.3 is 10.6 Å². The van der Waals surface area contributed by atoms with Gasteiger partial charge in [-0.1, -0.05) is 39.8 Å². The fourth-order valence-electron chi connectivity index (χ4n) is 3.28. The summed E-state index contributed by atoms with van der Waals surface area (Å²) >= 11 is 5.46. The Kier molecular flexibility index (Phi) is 5.85. The molecule has 122 valence electrons. The van der Waals surface area contributed by atoms with Crippen molar-refractivity contribution in [1.82, 2.24) is 5.32 Å². The molecule has 2 N–H and O–H groups in total. The SMILES string of the molecule is CCc1ccc(NC(=S)NC2CCC(C(C)(C)C)CC2)cc1. The minimum Gasteiger partial charge on any atom is -0.360 e. The van der Waals surface area contributed by atoms with Gasteiger partial charge in [0.05, 0.1) is 0 Å². The zero-order valence-corrected chi connectivity index (χ0v) is 15.2. The first-order valence-corrected chi connectivity index (χ1v) is 8.95. The molecule has 0 unspecified atom stereocenters. The van der Waals surface area contributed by atoms with Crippen LogP contribution in [0.25, 0.3) is 0 Å². The summed E-state index contributed by atoms with van der Waals surface area (Å²) in [6.45, 7) is 9.25. The first kappa shape index (κ1) is 17.3. The number of thiocarbonyl (C=S) groups is 1. The Bertz CT molecular complexity index is 479. The molecule has 0 saturated heterocycles. The van der Waals surface area contributed by atoms with Gasteiger partial charge in [0.25, 0.3) is 0 Å². The number of anilines is 1. The second-order valence-corrected chi connectivity index (χ2v) is 7.97. The number of aryl methyl sites for hydroxylation is 1. The highest BCUT2D eigenvalue weighted by Crippen LogP contribution is 2.37. The lowest BCUT2D eigenvalue weighted by molar-refractivity contribution is 0.166. The highest BCUT2D eigenvalue weighted by atomic mass is 32.1. The smallest absolute Gasteiger partial charge is 0.170 e. The maximum Gasteiger partial charge on any atom is 0.170 e. The fourth-order valence-corrected chi connectivity index (χ4v) is 3.56. The molecule has 2 nitrogen and oxygen atoms in total. The molecule has 3 heteroatoms. The zero-order valence-electron chi connectivity index (χ0n) is 14.4. The van der Waals surface area contributed by atoms with Crippen molar-refractivity contribution in [3.63, 3.8) is 0 Å². The van der Waals surface area contributed by atoms with Crippen LogP contribution in [0.4, 0.5) is 5.69 Å². The van der Waals surface area contributed by atoms with Gasteiger partial charge in [0.2, 0.25) is 0 Å². The van der Waals surface area contributed by atoms with E-state index in [1.54, 1.807) is 0 Å². The van der Waals surface area contributed by atoms with Crippen molar-refractivity contribution < 1.29 is 0 Å². The molecule has 0 aromatic heterocycles. The summed E-state index contributed by atoms with van der Waals surface area (Å²) in [6.07, 6.45) is 6.11. The monoisotopic (exact) mass is 318 g/mol. The predicted molar refractivity (Wildman–Crippen MR) is 100 cm³/mol. The normalized spacial score (nSPS) is 22.2. The average molecular weight is 319 g/mol. The molecule has 0 amide bonds. The number of benzene rings is 1. The van der Waals surface area contributed by atoms with Gasteiger partial charge in [0.1, 0.15) is 0 Å². The average Bonchev–Trinajstić information content (AvgIpc) is 2.47. The van der Waals surface area contributed by atoms with Crippen LogP contribution < -0.4 is 10.6 Å². The standard InChI is InChI=1S/C19H30N2S/c1-5-14-6-10-16(11-7-14)20-18(22)21-17-12-8-15(9-13-17)19(2,3)4/h6-7,10-11,15,17H,5,8-9,12-13H2,1-4H3,(H2,20,21,22). The van der Waals surface area contributed by atoms with E-state index >= 15 is 0 Å². The molecular weight excluding hydrogens is 288 g/mol. The molecule has 1 aromatic rings. The van der Waals surface area contributed by atoms with E-state index in [0.29, 0.717) is 11.5 Å². The number of nitrogens with one attached hydrogen (secondary N) is 2. The molecule has 0 radical (unpaired) electrons. The van der Waals surface area contributed by atoms with Crippen LogP contribution in [-0.4, -0.2) is 11.2 Å². The number of hydrogen-bond acceptors (Lipinski definition) is 1. The van der Waals surface area contributed by atoms with Gasteiger partial charge in [-0.3, -0.25) is 0 Å². The summed E-state index contributed by atoms with van der Waals surface area (Å²) in [6, 6.07) is 9.03. The highest BCUT2D eigenvalue weighted by molar-refractivity contribution is 7.80. The summed E-state index contributed by atoms with van der Waals surface area (Å²) < 4.78 is 0. The van der Waals surface area contributed by atoms with Gasteiger partial charge in [-0.15, -0.1) is 0 Å². The molecule has 1 aliphatic carbocycles. The van der Waals surface area contributed by atoms with Gasteiger partial charge in [0.15, 0.2) is 5.11 Å². The summed E-state index contributed by atoms with van der Waals surface area (Å²) in [4.78, 5) is 0. The Morgan fingerprint density at radius 1 is 1.09 bits per heavy atom. The van der Waals surface area contributed by atoms with E-state index in [-0.39, 0.29) is 0 Å². The third-order valence-corrected chi connectivity index (χ3v) is 5.13. The second kappa shape index (κ2) is 7.45. The molecule has 1 aromatic carbocycles. The van der Waals surface area contributed by atoms with Crippen molar-refractivity contribution in [2.45, 2.75) is 65.8 Å². The first-order chi connectivity index (χ1) is 10.4. The number of hydrogen-bond donors (Lipinski definition) is 2. The summed E-state index contributed by atoms with van der Waals surface area (Å²) in [5.74, 6) is 0.841. The molecular formula is C19H30N2S. The molecule has 2 rings (SSSR count). The van der Waals surface area contributed by atoms with Gasteiger partial charge in [-0.2, -0.15) is 0 Å². The molecule has 0 spiro atoms. The Labute approximate surface area is 141 Å². The van der Waals surface area contributed by atoms with Crippen molar-refractivity contribution in [3.05, 3.63) is 29.8 Å². The first-order valence-electron chi connectivity index (χ1n) is 8.55. The largest absolute Gasteiger partial charge is 0.360 e. The Hall–Kier alpha value is -1.09. The second-order valence-electron chi connectivity index (χ2n) is 7.56. The third kappa shape index (κ3) is 4.98. The van der Waals surface area contributed by atoms with Crippen molar-refractivity contribution >= 4 is 23.0 Å². The molecule has 0 aliphatic heterocycles. The zero-order chi connectivity index (χ0) is 16.2. The molecule has 22 heavy (non-hydrogen) atoms. The van der Waals surface area contributed by atoms with Crippen LogP contribution in [0.15, 0.2) is 24.3 Å². The van der Waals surface area contributed by atoms with E-state index in [0.717, 1.165) is 23.1 Å². The lowest BCUT2D eigenvalue weighted by atomic mass is 9.71. The van der Waals surface area contributed by atoms with Gasteiger partial charge in [-0.05, 0) is 73.4 Å². The lowest BCUT2D eigenvalue weighted by Gasteiger charge is -2.37. The third-order valence-electron chi connectivity index (χ3n) is 4.91. The van der Waals surface area contributed by atoms with Crippen LogP contribution in [0.1, 0.15) is 58.9 Å². The summed E-state index contributed by atoms with van der Waals surface area (Å²) in [5.41, 5.74) is 2.85. The number of rotatable bonds is 3. The van der Waals surface area contributed by atoms with Crippen LogP contribution >= 0.6 is 12.2 Å². The van der Waals surface area contributed by atoms with Crippen molar-refractivity contribution in [1.29, 1.82) is 0 Å². The van der Waals surface area contributed by atoms with E-state index < -0.39 is 0 Å². The van der Waals surface area contributed by atoms with E-state index in [1.165, 1.54) is 31.2 Å². The van der Waals surface area contributed by atoms with Crippen LogP contribution in [0.2, 0.25) is 0 Å².